The fourth-order valence-corrected chi connectivity index (χ4v) is 21.2. The molecule has 0 bridgehead atoms. The Morgan fingerprint density at radius 2 is 0.788 bits per heavy atom. The number of carbonyl (C=O) groups is 4. The molecule has 0 atom stereocenters. The summed E-state index contributed by atoms with van der Waals surface area (Å²) in [7, 11) is -11.5. The number of rotatable bonds is 20. The third kappa shape index (κ3) is 33.5. The standard InChI is InChI=1S/C19H17NO4S2.2C18H15NO4S2.C12H10BrNO4S2.C7H9BO2.C6H4BrClO2S.C6H7NO2S.C2H3N.2Na/c1-13-6-3-4-9-16(13)14-7-5-8-15(12-14)26(22,23)20-17-10-11-25-18(17)19(21)24-2;2*1-12-5-2-3-8-15(12)13-6-4-7-14(11-13)25(22,23)19-16-9-10-24-17(16)18(20)21;1-18-12(15)11-10(5-6-19-11)14-20(16,17)9-4-2-3-8(13)7-9;1-6-4-2-3-5-7(6)8(9)10;7-5-2-1-3-6(4-5)11(8,9)10;1-9-6(8)5-4(7)2-3-10-5;1-2-3;;/h3-12,20H,1-2H3;2-11,20-21H,1H3;2-11,19H,1H3,(H,20,21);2-7,14H,1H3;2-5,9-10H,1H3;1-4H;2-3H,7H2,1H3;1H3;;/q;;;;;;;;2*+1/p-2. The van der Waals surface area contributed by atoms with Crippen LogP contribution in [0.2, 0.25) is 0 Å². The number of carboxylic acid groups (broad SMARTS) is 1. The van der Waals surface area contributed by atoms with E-state index in [0.29, 0.717) is 25.0 Å². The molecule has 13 aromatic rings. The van der Waals surface area contributed by atoms with Crippen LogP contribution < -0.4 is 94.7 Å². The summed E-state index contributed by atoms with van der Waals surface area (Å²) in [6.07, 6.45) is 1.35. The van der Waals surface area contributed by atoms with Crippen molar-refractivity contribution in [1.82, 2.24) is 0 Å². The number of benzene rings is 9. The second-order valence-corrected chi connectivity index (χ2v) is 41.7. The van der Waals surface area contributed by atoms with Crippen LogP contribution in [0.5, 0.6) is 0 Å². The number of esters is 3. The average molecular weight is 2140 g/mol. The molecule has 14 rings (SSSR count). The van der Waals surface area contributed by atoms with Crippen LogP contribution in [0.1, 0.15) is 67.9 Å². The van der Waals surface area contributed by atoms with Crippen LogP contribution >= 0.6 is 99.7 Å². The van der Waals surface area contributed by atoms with Crippen molar-refractivity contribution in [3.05, 3.63) is 337 Å². The van der Waals surface area contributed by atoms with Gasteiger partial charge < -0.3 is 45.3 Å². The van der Waals surface area contributed by atoms with E-state index in [1.54, 1.807) is 101 Å². The molecule has 1 aliphatic rings. The summed E-state index contributed by atoms with van der Waals surface area (Å²) in [5.74, 6) is -4.13. The van der Waals surface area contributed by atoms with Crippen molar-refractivity contribution in [2.75, 3.05) is 41.2 Å². The van der Waals surface area contributed by atoms with Crippen molar-refractivity contribution in [3.63, 3.8) is 0 Å². The number of anilines is 4. The van der Waals surface area contributed by atoms with E-state index in [1.807, 2.05) is 131 Å². The Hall–Kier alpha value is -9.57. The van der Waals surface area contributed by atoms with Gasteiger partial charge in [-0.05, 0) is 213 Å². The molecule has 9 aromatic carbocycles. The number of nitrogen functional groups attached to an aromatic ring is 1. The van der Waals surface area contributed by atoms with Crippen LogP contribution in [-0.4, -0.2) is 115 Å². The smallest absolute Gasteiger partial charge is 0.883 e. The van der Waals surface area contributed by atoms with Crippen molar-refractivity contribution in [1.29, 1.82) is 5.26 Å². The SMILES string of the molecule is CC#N.COC(=O)c1sccc1N.COC(=O)c1sccc1NS(=O)(=O)c1cccc(-c2ccccc2C)c1.COC(=O)c1sccc1NS(=O)(=O)c1cccc(Br)c1.Cc1ccccc1-c1cccc(S(=O)(=O)N=C2C=CSC2=C([O-])[O-])c1.Cc1ccccc1-c1cccc(S(=O)(=O)Nc2ccsc2C(=O)O)c1.Cc1ccccc1B(O)O.O=S(=O)(Cl)c1cccc(Br)c1.[Na+].[Na+]. The summed E-state index contributed by atoms with van der Waals surface area (Å²) in [5, 5.41) is 64.0. The van der Waals surface area contributed by atoms with Gasteiger partial charge in [0.2, 0.25) is 0 Å². The molecule has 0 unspecified atom stereocenters. The molecule has 4 aromatic heterocycles. The van der Waals surface area contributed by atoms with Gasteiger partial charge in [-0.15, -0.1) is 45.3 Å². The number of thiophene rings is 4. The number of hydrogen-bond donors (Lipinski definition) is 7. The number of nitrogens with zero attached hydrogens (tertiary/aromatic N) is 2. The van der Waals surface area contributed by atoms with E-state index in [2.05, 4.69) is 64.6 Å². The normalized spacial score (nSPS) is 11.4. The van der Waals surface area contributed by atoms with Crippen molar-refractivity contribution in [2.24, 2.45) is 4.40 Å². The Labute approximate surface area is 850 Å². The number of nitriles is 1. The van der Waals surface area contributed by atoms with E-state index in [-0.39, 0.29) is 132 Å². The van der Waals surface area contributed by atoms with Gasteiger partial charge in [0.15, 0.2) is 0 Å². The molecule has 0 spiro atoms. The van der Waals surface area contributed by atoms with Crippen molar-refractivity contribution in [3.8, 4) is 39.4 Å². The number of thioether (sulfide) groups is 1. The molecule has 8 N–H and O–H groups in total. The number of nitrogens with two attached hydrogens (primary N) is 1. The number of methoxy groups -OCH3 is 3. The van der Waals surface area contributed by atoms with Crippen molar-refractivity contribution < 1.29 is 160 Å². The van der Waals surface area contributed by atoms with Crippen molar-refractivity contribution in [2.45, 2.75) is 59.1 Å². The van der Waals surface area contributed by atoms with Gasteiger partial charge in [-0.25, -0.2) is 52.8 Å². The summed E-state index contributed by atoms with van der Waals surface area (Å²) in [4.78, 5) is 46.3. The minimum Gasteiger partial charge on any atom is -0.883 e. The van der Waals surface area contributed by atoms with Gasteiger partial charge in [-0.1, -0.05) is 195 Å². The van der Waals surface area contributed by atoms with Gasteiger partial charge in [0.1, 0.15) is 19.5 Å². The summed E-state index contributed by atoms with van der Waals surface area (Å²) in [6.45, 7) is 9.15. The van der Waals surface area contributed by atoms with Crippen LogP contribution in [0.4, 0.5) is 22.7 Å². The van der Waals surface area contributed by atoms with Crippen LogP contribution in [0.3, 0.4) is 0 Å². The molecule has 0 saturated carbocycles. The third-order valence-electron chi connectivity index (χ3n) is 17.2. The van der Waals surface area contributed by atoms with E-state index in [4.69, 9.17) is 36.8 Å². The molecule has 0 fully saturated rings. The number of halogens is 3. The van der Waals surface area contributed by atoms with Gasteiger partial charge >= 0.3 is 90.1 Å². The molecular formula is C88H78BBr2ClN6Na2O22S10. The zero-order chi connectivity index (χ0) is 95.8. The fourth-order valence-electron chi connectivity index (χ4n) is 11.0. The van der Waals surface area contributed by atoms with E-state index in [0.717, 1.165) is 101 Å². The van der Waals surface area contributed by atoms with Crippen LogP contribution in [0.25, 0.3) is 33.4 Å². The Morgan fingerprint density at radius 3 is 1.13 bits per heavy atom. The minimum atomic E-state index is -4.04. The van der Waals surface area contributed by atoms with E-state index in [9.17, 15) is 71.5 Å². The first-order valence-electron chi connectivity index (χ1n) is 37.1. The number of nitrogens with one attached hydrogen (secondary N) is 3. The molecule has 44 heteroatoms. The summed E-state index contributed by atoms with van der Waals surface area (Å²) < 4.78 is 148. The molecule has 0 aliphatic carbocycles. The molecule has 0 radical (unpaired) electrons. The van der Waals surface area contributed by atoms with Gasteiger partial charge in [0.25, 0.3) is 49.1 Å². The number of aromatic carboxylic acids is 1. The van der Waals surface area contributed by atoms with E-state index >= 15 is 0 Å². The maximum absolute atomic E-state index is 12.8. The van der Waals surface area contributed by atoms with Gasteiger partial charge in [0.05, 0.1) is 80.3 Å². The molecule has 132 heavy (non-hydrogen) atoms. The summed E-state index contributed by atoms with van der Waals surface area (Å²) in [6, 6.07) is 70.4. The first-order valence-corrected chi connectivity index (χ1v) is 51.2. The Balaban J connectivity index is 0.000000278. The van der Waals surface area contributed by atoms with Crippen molar-refractivity contribution >= 4 is 214 Å². The molecule has 1 aliphatic heterocycles. The molecular weight excluding hydrogens is 2070 g/mol. The van der Waals surface area contributed by atoms with Crippen LogP contribution in [-0.2, 0) is 63.4 Å². The third-order valence-corrected chi connectivity index (χ3v) is 29.4. The van der Waals surface area contributed by atoms with Gasteiger partial charge in [-0.2, -0.15) is 24.0 Å². The molecule has 28 nitrogen and oxygen atoms in total. The maximum atomic E-state index is 12.8. The van der Waals surface area contributed by atoms with Gasteiger partial charge in [-0.3, -0.25) is 14.2 Å². The number of allylic oxidation sites excluding steroid dienone is 2. The number of carbonyl (C=O) groups excluding carboxylic acids is 3. The van der Waals surface area contributed by atoms with E-state index in [1.165, 1.54) is 117 Å². The number of ether oxygens (including phenoxy) is 3. The average Bonchev–Trinajstić information content (AvgIpc) is 1.28. The molecule has 678 valence electrons. The molecule has 5 heterocycles. The number of sulfonamides is 4. The van der Waals surface area contributed by atoms with E-state index < -0.39 is 80.1 Å². The fraction of sp³-hybridized carbons (Fsp3) is 0.0909. The second kappa shape index (κ2) is 53.5. The maximum Gasteiger partial charge on any atom is 1.00 e. The predicted molar refractivity (Wildman–Crippen MR) is 517 cm³/mol. The Bertz CT molecular complexity index is 6970. The summed E-state index contributed by atoms with van der Waals surface area (Å²) >= 11 is 11.7. The van der Waals surface area contributed by atoms with Gasteiger partial charge in [0, 0.05) is 31.5 Å². The zero-order valence-corrected chi connectivity index (χ0v) is 87.5. The molecule has 0 saturated heterocycles. The number of aryl methyl sites for hydroxylation is 4. The first-order chi connectivity index (χ1) is 61.5. The number of carboxylic acids is 1. The monoisotopic (exact) mass is 2140 g/mol. The quantitative estimate of drug-likeness (QED) is 0.0122. The Morgan fingerprint density at radius 1 is 0.462 bits per heavy atom. The Kier molecular flexibility index (Phi) is 45.8. The first kappa shape index (κ1) is 113. The second-order valence-electron chi connectivity index (χ2n) is 26.1. The molecule has 0 amide bonds. The largest absolute Gasteiger partial charge is 1.00 e. The topological polar surface area (TPSA) is 472 Å². The zero-order valence-electron chi connectivity index (χ0n) is 71.4. The van der Waals surface area contributed by atoms with Crippen LogP contribution in [0, 0.1) is 39.0 Å². The summed E-state index contributed by atoms with van der Waals surface area (Å²) in [5.41, 5.74) is 16.0. The predicted octanol–water partition coefficient (Wildman–Crippen LogP) is 11.3. The van der Waals surface area contributed by atoms with Crippen LogP contribution in [0.15, 0.2) is 324 Å². The minimum absolute atomic E-state index is 0. The number of hydrogen-bond acceptors (Lipinski definition) is 28.